The first-order chi connectivity index (χ1) is 13.2. The number of hydrogen-bond acceptors (Lipinski definition) is 4. The molecule has 3 N–H and O–H groups in total. The molecule has 1 amide bonds. The van der Waals surface area contributed by atoms with E-state index in [1.807, 2.05) is 51.1 Å². The van der Waals surface area contributed by atoms with E-state index in [4.69, 9.17) is 22.8 Å². The monoisotopic (exact) mass is 405 g/mol. The molecule has 0 bridgehead atoms. The van der Waals surface area contributed by atoms with E-state index in [1.54, 1.807) is 5.01 Å². The van der Waals surface area contributed by atoms with E-state index in [0.29, 0.717) is 17.5 Å². The highest BCUT2D eigenvalue weighted by molar-refractivity contribution is 7.80. The Bertz CT molecular complexity index is 624. The molecule has 5 nitrogen and oxygen atoms in total. The number of nitrogens with zero attached hydrogens (tertiary/aromatic N) is 1. The molecule has 0 heterocycles. The molecule has 28 heavy (non-hydrogen) atoms. The Hall–Kier alpha value is -1.66. The average molecular weight is 406 g/mol. The van der Waals surface area contributed by atoms with Gasteiger partial charge < -0.3 is 10.1 Å². The lowest BCUT2D eigenvalue weighted by Gasteiger charge is -2.30. The van der Waals surface area contributed by atoms with Crippen molar-refractivity contribution in [2.24, 2.45) is 11.8 Å². The zero-order chi connectivity index (χ0) is 20.6. The van der Waals surface area contributed by atoms with Crippen molar-refractivity contribution in [2.45, 2.75) is 83.9 Å². The number of hydrazine groups is 1. The highest BCUT2D eigenvalue weighted by Crippen LogP contribution is 2.28. The van der Waals surface area contributed by atoms with Gasteiger partial charge in [0.1, 0.15) is 10.6 Å². The minimum Gasteiger partial charge on any atom is -0.444 e. The van der Waals surface area contributed by atoms with Gasteiger partial charge in [-0.05, 0) is 45.1 Å². The molecular formula is C22H35N3O2S. The fraction of sp³-hybridized carbons (Fsp3) is 0.636. The normalized spacial score (nSPS) is 16.3. The SMILES string of the molecule is CC(C)(C)OC(=O)NC(CCC1CCCCC1)C(=S)N(N)Cc1ccccc1. The number of nitrogens with one attached hydrogen (secondary N) is 1. The minimum absolute atomic E-state index is 0.305. The highest BCUT2D eigenvalue weighted by Gasteiger charge is 2.25. The fourth-order valence-corrected chi connectivity index (χ4v) is 3.88. The standard InChI is InChI=1S/C22H35N3O2S/c1-22(2,3)27-21(26)24-19(15-14-17-10-6-4-7-11-17)20(28)25(23)16-18-12-8-5-9-13-18/h5,8-9,12-13,17,19H,4,6-7,10-11,14-16,23H2,1-3H3,(H,24,26). The number of benzene rings is 1. The van der Waals surface area contributed by atoms with Crippen LogP contribution < -0.4 is 11.2 Å². The van der Waals surface area contributed by atoms with Gasteiger partial charge in [0.05, 0.1) is 12.6 Å². The summed E-state index contributed by atoms with van der Waals surface area (Å²) in [6, 6.07) is 9.65. The van der Waals surface area contributed by atoms with Crippen LogP contribution in [0.2, 0.25) is 0 Å². The second kappa shape index (κ2) is 10.8. The topological polar surface area (TPSA) is 67.6 Å². The molecule has 0 saturated heterocycles. The van der Waals surface area contributed by atoms with E-state index in [0.717, 1.165) is 18.4 Å². The number of thiocarbonyl (C=S) groups is 1. The van der Waals surface area contributed by atoms with Crippen LogP contribution in [0.25, 0.3) is 0 Å². The van der Waals surface area contributed by atoms with Gasteiger partial charge in [-0.1, -0.05) is 74.7 Å². The van der Waals surface area contributed by atoms with Crippen molar-refractivity contribution in [2.75, 3.05) is 0 Å². The molecule has 156 valence electrons. The maximum atomic E-state index is 12.4. The first-order valence-electron chi connectivity index (χ1n) is 10.3. The number of nitrogens with two attached hydrogens (primary N) is 1. The number of hydrogen-bond donors (Lipinski definition) is 2. The lowest BCUT2D eigenvalue weighted by atomic mass is 9.85. The summed E-state index contributed by atoms with van der Waals surface area (Å²) < 4.78 is 5.44. The van der Waals surface area contributed by atoms with Crippen LogP contribution in [0, 0.1) is 5.92 Å². The summed E-state index contributed by atoms with van der Waals surface area (Å²) in [6.07, 6.45) is 7.85. The largest absolute Gasteiger partial charge is 0.444 e. The van der Waals surface area contributed by atoms with E-state index in [2.05, 4.69) is 5.32 Å². The van der Waals surface area contributed by atoms with Gasteiger partial charge in [0, 0.05) is 0 Å². The van der Waals surface area contributed by atoms with Crippen LogP contribution >= 0.6 is 12.2 Å². The van der Waals surface area contributed by atoms with E-state index in [1.165, 1.54) is 32.1 Å². The molecule has 1 fully saturated rings. The summed E-state index contributed by atoms with van der Waals surface area (Å²) in [4.78, 5) is 12.9. The molecule has 0 aromatic heterocycles. The molecule has 6 heteroatoms. The molecule has 0 radical (unpaired) electrons. The van der Waals surface area contributed by atoms with Crippen LogP contribution in [0.1, 0.15) is 71.3 Å². The second-order valence-corrected chi connectivity index (χ2v) is 9.15. The number of amides is 1. The Morgan fingerprint density at radius 2 is 1.89 bits per heavy atom. The molecule has 0 aliphatic heterocycles. The molecule has 1 saturated carbocycles. The smallest absolute Gasteiger partial charge is 0.408 e. The Morgan fingerprint density at radius 1 is 1.25 bits per heavy atom. The van der Waals surface area contributed by atoms with E-state index >= 15 is 0 Å². The average Bonchev–Trinajstić information content (AvgIpc) is 2.64. The van der Waals surface area contributed by atoms with Crippen LogP contribution in [0.5, 0.6) is 0 Å². The van der Waals surface area contributed by atoms with Crippen LogP contribution in [0.3, 0.4) is 0 Å². The molecule has 1 aliphatic rings. The van der Waals surface area contributed by atoms with E-state index in [-0.39, 0.29) is 6.04 Å². The van der Waals surface area contributed by atoms with Gasteiger partial charge in [-0.25, -0.2) is 10.6 Å². The van der Waals surface area contributed by atoms with Gasteiger partial charge in [0.15, 0.2) is 0 Å². The maximum absolute atomic E-state index is 12.4. The third-order valence-electron chi connectivity index (χ3n) is 5.06. The first-order valence-corrected chi connectivity index (χ1v) is 10.7. The van der Waals surface area contributed by atoms with Crippen molar-refractivity contribution in [1.29, 1.82) is 0 Å². The Labute approximate surface area is 175 Å². The van der Waals surface area contributed by atoms with Gasteiger partial charge in [-0.3, -0.25) is 5.01 Å². The Morgan fingerprint density at radius 3 is 2.50 bits per heavy atom. The zero-order valence-corrected chi connectivity index (χ0v) is 18.3. The molecule has 1 aliphatic carbocycles. The number of rotatable bonds is 7. The predicted molar refractivity (Wildman–Crippen MR) is 118 cm³/mol. The summed E-state index contributed by atoms with van der Waals surface area (Å²) in [7, 11) is 0. The minimum atomic E-state index is -0.550. The van der Waals surface area contributed by atoms with Crippen molar-refractivity contribution < 1.29 is 9.53 Å². The molecule has 1 aromatic rings. The van der Waals surface area contributed by atoms with E-state index in [9.17, 15) is 4.79 Å². The van der Waals surface area contributed by atoms with Gasteiger partial charge >= 0.3 is 6.09 Å². The number of ether oxygens (including phenoxy) is 1. The molecule has 0 spiro atoms. The Kier molecular flexibility index (Phi) is 8.70. The van der Waals surface area contributed by atoms with Crippen molar-refractivity contribution in [3.8, 4) is 0 Å². The summed E-state index contributed by atoms with van der Waals surface area (Å²) in [6.45, 7) is 6.07. The second-order valence-electron chi connectivity index (χ2n) is 8.73. The van der Waals surface area contributed by atoms with Crippen LogP contribution in [0.4, 0.5) is 4.79 Å². The summed E-state index contributed by atoms with van der Waals surface area (Å²) >= 11 is 5.65. The molecule has 1 unspecified atom stereocenters. The lowest BCUT2D eigenvalue weighted by Crippen LogP contribution is -2.51. The number of alkyl carbamates (subject to hydrolysis) is 1. The quantitative estimate of drug-likeness (QED) is 0.382. The van der Waals surface area contributed by atoms with Gasteiger partial charge in [0.2, 0.25) is 0 Å². The van der Waals surface area contributed by atoms with Gasteiger partial charge in [-0.15, -0.1) is 0 Å². The lowest BCUT2D eigenvalue weighted by molar-refractivity contribution is 0.0512. The third-order valence-corrected chi connectivity index (χ3v) is 5.58. The predicted octanol–water partition coefficient (Wildman–Crippen LogP) is 4.94. The first kappa shape index (κ1) is 22.6. The van der Waals surface area contributed by atoms with Crippen LogP contribution in [-0.4, -0.2) is 27.7 Å². The maximum Gasteiger partial charge on any atom is 0.408 e. The van der Waals surface area contributed by atoms with Gasteiger partial charge in [0.25, 0.3) is 0 Å². The summed E-state index contributed by atoms with van der Waals surface area (Å²) in [5, 5.41) is 4.52. The van der Waals surface area contributed by atoms with Crippen LogP contribution in [-0.2, 0) is 11.3 Å². The van der Waals surface area contributed by atoms with Crippen molar-refractivity contribution >= 4 is 23.3 Å². The molecule has 2 rings (SSSR count). The van der Waals surface area contributed by atoms with Gasteiger partial charge in [-0.2, -0.15) is 0 Å². The summed E-state index contributed by atoms with van der Waals surface area (Å²) in [5.41, 5.74) is 0.530. The zero-order valence-electron chi connectivity index (χ0n) is 17.4. The highest BCUT2D eigenvalue weighted by atomic mass is 32.1. The fourth-order valence-electron chi connectivity index (χ4n) is 3.64. The van der Waals surface area contributed by atoms with Crippen LogP contribution in [0.15, 0.2) is 30.3 Å². The Balaban J connectivity index is 1.99. The molecule has 1 aromatic carbocycles. The molecular weight excluding hydrogens is 370 g/mol. The summed E-state index contributed by atoms with van der Waals surface area (Å²) in [5.74, 6) is 6.97. The number of carbonyl (C=O) groups is 1. The number of carbonyl (C=O) groups excluding carboxylic acids is 1. The third kappa shape index (κ3) is 8.15. The molecule has 1 atom stereocenters. The van der Waals surface area contributed by atoms with Crippen molar-refractivity contribution in [1.82, 2.24) is 10.3 Å². The van der Waals surface area contributed by atoms with E-state index < -0.39 is 11.7 Å². The van der Waals surface area contributed by atoms with Crippen molar-refractivity contribution in [3.05, 3.63) is 35.9 Å². The van der Waals surface area contributed by atoms with Crippen molar-refractivity contribution in [3.63, 3.8) is 0 Å².